The van der Waals surface area contributed by atoms with Crippen LogP contribution in [-0.2, 0) is 9.53 Å². The van der Waals surface area contributed by atoms with Crippen LogP contribution < -0.4 is 5.32 Å². The van der Waals surface area contributed by atoms with Gasteiger partial charge in [-0.2, -0.15) is 0 Å². The Labute approximate surface area is 160 Å². The van der Waals surface area contributed by atoms with Crippen molar-refractivity contribution in [2.75, 3.05) is 6.61 Å². The molecule has 2 aliphatic rings. The summed E-state index contributed by atoms with van der Waals surface area (Å²) in [5.41, 5.74) is -0.364. The van der Waals surface area contributed by atoms with E-state index >= 15 is 0 Å². The molecule has 1 spiro atoms. The molecule has 1 aromatic rings. The molecule has 0 unspecified atom stereocenters. The number of nitrogens with one attached hydrogen (secondary N) is 1. The van der Waals surface area contributed by atoms with E-state index in [1.807, 2.05) is 13.8 Å². The van der Waals surface area contributed by atoms with Crippen molar-refractivity contribution in [2.45, 2.75) is 70.7 Å². The van der Waals surface area contributed by atoms with Gasteiger partial charge in [0, 0.05) is 11.6 Å². The number of nitrogens with zero attached hydrogens (tertiary/aromatic N) is 1. The monoisotopic (exact) mass is 376 g/mol. The zero-order chi connectivity index (χ0) is 19.6. The fraction of sp³-hybridized carbons (Fsp3) is 0.619. The summed E-state index contributed by atoms with van der Waals surface area (Å²) in [6, 6.07) is 4.85. The summed E-state index contributed by atoms with van der Waals surface area (Å²) in [4.78, 5) is 27.8. The van der Waals surface area contributed by atoms with Crippen LogP contribution in [0.1, 0.15) is 63.2 Å². The second kappa shape index (κ2) is 7.97. The molecule has 5 nitrogen and oxygen atoms in total. The lowest BCUT2D eigenvalue weighted by atomic mass is 9.83. The number of amides is 2. The molecule has 1 saturated heterocycles. The molecule has 1 saturated carbocycles. The van der Waals surface area contributed by atoms with Gasteiger partial charge in [0.1, 0.15) is 17.6 Å². The van der Waals surface area contributed by atoms with E-state index in [0.29, 0.717) is 24.3 Å². The zero-order valence-electron chi connectivity index (χ0n) is 16.3. The van der Waals surface area contributed by atoms with Crippen LogP contribution in [0.4, 0.5) is 4.39 Å². The highest BCUT2D eigenvalue weighted by molar-refractivity contribution is 5.98. The van der Waals surface area contributed by atoms with Gasteiger partial charge in [0.15, 0.2) is 0 Å². The highest BCUT2D eigenvalue weighted by Gasteiger charge is 2.53. The number of benzene rings is 1. The van der Waals surface area contributed by atoms with Crippen molar-refractivity contribution in [2.24, 2.45) is 5.92 Å². The quantitative estimate of drug-likeness (QED) is 0.875. The van der Waals surface area contributed by atoms with Crippen LogP contribution >= 0.6 is 0 Å². The number of hydrogen-bond acceptors (Lipinski definition) is 3. The Morgan fingerprint density at radius 1 is 1.30 bits per heavy atom. The van der Waals surface area contributed by atoms with E-state index in [1.165, 1.54) is 24.3 Å². The lowest BCUT2D eigenvalue weighted by Crippen LogP contribution is -2.57. The molecule has 0 radical (unpaired) electrons. The normalized spacial score (nSPS) is 29.0. The van der Waals surface area contributed by atoms with Gasteiger partial charge in [0.05, 0.1) is 6.61 Å². The van der Waals surface area contributed by atoms with Gasteiger partial charge >= 0.3 is 0 Å². The predicted octanol–water partition coefficient (Wildman–Crippen LogP) is 3.49. The highest BCUT2D eigenvalue weighted by Crippen LogP contribution is 2.43. The van der Waals surface area contributed by atoms with Crippen LogP contribution in [-0.4, -0.2) is 41.1 Å². The molecule has 1 aliphatic carbocycles. The zero-order valence-corrected chi connectivity index (χ0v) is 16.3. The summed E-state index contributed by atoms with van der Waals surface area (Å²) in [6.07, 6.45) is 4.15. The molecule has 3 rings (SSSR count). The molecule has 1 N–H and O–H groups in total. The summed E-state index contributed by atoms with van der Waals surface area (Å²) in [7, 11) is 0. The Hall–Kier alpha value is -1.95. The molecule has 2 fully saturated rings. The summed E-state index contributed by atoms with van der Waals surface area (Å²) in [6.45, 7) is 6.34. The SMILES string of the molecule is CC[C@H](C)NC(=O)[C@@H]1COC2(CCC(C)CC2)N1C(=O)c1ccc(F)cc1. The van der Waals surface area contributed by atoms with Crippen LogP contribution in [0, 0.1) is 11.7 Å². The first-order valence-electron chi connectivity index (χ1n) is 9.90. The largest absolute Gasteiger partial charge is 0.353 e. The number of halogens is 1. The van der Waals surface area contributed by atoms with Crippen LogP contribution in [0.5, 0.6) is 0 Å². The Morgan fingerprint density at radius 2 is 1.93 bits per heavy atom. The van der Waals surface area contributed by atoms with Crippen molar-refractivity contribution in [3.8, 4) is 0 Å². The summed E-state index contributed by atoms with van der Waals surface area (Å²) in [5.74, 6) is -0.270. The number of hydrogen-bond donors (Lipinski definition) is 1. The van der Waals surface area contributed by atoms with E-state index < -0.39 is 17.6 Å². The molecule has 0 aromatic heterocycles. The van der Waals surface area contributed by atoms with Gasteiger partial charge in [-0.25, -0.2) is 4.39 Å². The average molecular weight is 376 g/mol. The van der Waals surface area contributed by atoms with Crippen molar-refractivity contribution in [1.29, 1.82) is 0 Å². The van der Waals surface area contributed by atoms with Gasteiger partial charge in [-0.1, -0.05) is 13.8 Å². The fourth-order valence-corrected chi connectivity index (χ4v) is 3.95. The van der Waals surface area contributed by atoms with Gasteiger partial charge in [-0.3, -0.25) is 14.5 Å². The van der Waals surface area contributed by atoms with Gasteiger partial charge in [0.2, 0.25) is 5.91 Å². The van der Waals surface area contributed by atoms with Crippen molar-refractivity contribution >= 4 is 11.8 Å². The van der Waals surface area contributed by atoms with E-state index in [1.54, 1.807) is 4.90 Å². The number of carbonyl (C=O) groups excluding carboxylic acids is 2. The minimum absolute atomic E-state index is 0.0307. The Bertz CT molecular complexity index is 683. The molecule has 6 heteroatoms. The maximum Gasteiger partial charge on any atom is 0.256 e. The van der Waals surface area contributed by atoms with E-state index in [-0.39, 0.29) is 24.5 Å². The first-order valence-corrected chi connectivity index (χ1v) is 9.90. The van der Waals surface area contributed by atoms with E-state index in [0.717, 1.165) is 19.3 Å². The van der Waals surface area contributed by atoms with Crippen LogP contribution in [0.25, 0.3) is 0 Å². The van der Waals surface area contributed by atoms with Gasteiger partial charge in [0.25, 0.3) is 5.91 Å². The standard InChI is InChI=1S/C21H29FN2O3/c1-4-15(3)23-19(25)18-13-27-21(11-9-14(2)10-12-21)24(18)20(26)16-5-7-17(22)8-6-16/h5-8,14-15,18H,4,9-13H2,1-3H3,(H,23,25)/t14?,15-,18-,21?/m0/s1. The smallest absolute Gasteiger partial charge is 0.256 e. The summed E-state index contributed by atoms with van der Waals surface area (Å²) >= 11 is 0. The van der Waals surface area contributed by atoms with Crippen LogP contribution in [0.3, 0.4) is 0 Å². The maximum absolute atomic E-state index is 13.3. The fourth-order valence-electron chi connectivity index (χ4n) is 3.95. The molecule has 0 bridgehead atoms. The molecule has 1 heterocycles. The maximum atomic E-state index is 13.3. The minimum atomic E-state index is -0.741. The molecule has 2 atom stereocenters. The molecule has 2 amide bonds. The first kappa shape index (κ1) is 19.8. The lowest BCUT2D eigenvalue weighted by Gasteiger charge is -2.43. The van der Waals surface area contributed by atoms with Crippen molar-refractivity contribution in [3.05, 3.63) is 35.6 Å². The third-order valence-electron chi connectivity index (χ3n) is 5.93. The lowest BCUT2D eigenvalue weighted by molar-refractivity contribution is -0.128. The average Bonchev–Trinajstić information content (AvgIpc) is 3.03. The minimum Gasteiger partial charge on any atom is -0.353 e. The Morgan fingerprint density at radius 3 is 2.52 bits per heavy atom. The second-order valence-electron chi connectivity index (χ2n) is 7.96. The third-order valence-corrected chi connectivity index (χ3v) is 5.93. The highest BCUT2D eigenvalue weighted by atomic mass is 19.1. The van der Waals surface area contributed by atoms with Crippen molar-refractivity contribution < 1.29 is 18.7 Å². The van der Waals surface area contributed by atoms with Gasteiger partial charge in [-0.15, -0.1) is 0 Å². The van der Waals surface area contributed by atoms with Gasteiger partial charge < -0.3 is 10.1 Å². The molecule has 1 aliphatic heterocycles. The molecular formula is C21H29FN2O3. The van der Waals surface area contributed by atoms with Crippen LogP contribution in [0.2, 0.25) is 0 Å². The molecule has 1 aromatic carbocycles. The first-order chi connectivity index (χ1) is 12.9. The van der Waals surface area contributed by atoms with E-state index in [9.17, 15) is 14.0 Å². The molecule has 27 heavy (non-hydrogen) atoms. The molecule has 148 valence electrons. The van der Waals surface area contributed by atoms with E-state index in [4.69, 9.17) is 4.74 Å². The Kier molecular flexibility index (Phi) is 5.84. The third kappa shape index (κ3) is 4.00. The van der Waals surface area contributed by atoms with E-state index in [2.05, 4.69) is 12.2 Å². The topological polar surface area (TPSA) is 58.6 Å². The number of ether oxygens (including phenoxy) is 1. The Balaban J connectivity index is 1.90. The molecular weight excluding hydrogens is 347 g/mol. The summed E-state index contributed by atoms with van der Waals surface area (Å²) < 4.78 is 19.4. The van der Waals surface area contributed by atoms with Gasteiger partial charge in [-0.05, 0) is 69.2 Å². The van der Waals surface area contributed by atoms with Crippen LogP contribution in [0.15, 0.2) is 24.3 Å². The second-order valence-corrected chi connectivity index (χ2v) is 7.96. The summed E-state index contributed by atoms with van der Waals surface area (Å²) in [5, 5.41) is 2.97. The van der Waals surface area contributed by atoms with Crippen molar-refractivity contribution in [3.63, 3.8) is 0 Å². The number of rotatable bonds is 4. The predicted molar refractivity (Wildman–Crippen MR) is 101 cm³/mol. The van der Waals surface area contributed by atoms with Crippen molar-refractivity contribution in [1.82, 2.24) is 10.2 Å². The number of carbonyl (C=O) groups is 2.